The first-order valence-corrected chi connectivity index (χ1v) is 10.3. The molecule has 0 bridgehead atoms. The van der Waals surface area contributed by atoms with Crippen molar-refractivity contribution in [1.29, 1.82) is 0 Å². The molecule has 0 saturated carbocycles. The number of aromatic nitrogens is 1. The van der Waals surface area contributed by atoms with E-state index in [1.54, 1.807) is 31.3 Å². The van der Waals surface area contributed by atoms with Gasteiger partial charge in [-0.25, -0.2) is 0 Å². The van der Waals surface area contributed by atoms with Crippen LogP contribution in [-0.4, -0.2) is 50.0 Å². The molecule has 30 heavy (non-hydrogen) atoms. The summed E-state index contributed by atoms with van der Waals surface area (Å²) in [5.74, 6) is 0.920. The normalized spacial score (nSPS) is 13.8. The van der Waals surface area contributed by atoms with Crippen LogP contribution in [0.2, 0.25) is 0 Å². The third-order valence-electron chi connectivity index (χ3n) is 4.81. The summed E-state index contributed by atoms with van der Waals surface area (Å²) >= 11 is 0. The van der Waals surface area contributed by atoms with Crippen LogP contribution in [0.25, 0.3) is 0 Å². The Hall–Kier alpha value is -3.00. The van der Waals surface area contributed by atoms with Gasteiger partial charge in [-0.1, -0.05) is 6.07 Å². The minimum Gasteiger partial charge on any atom is -0.492 e. The van der Waals surface area contributed by atoms with Gasteiger partial charge in [0.2, 0.25) is 5.91 Å². The molecule has 2 aromatic rings. The maximum Gasteiger partial charge on any atom is 0.253 e. The molecule has 1 N–H and O–H groups in total. The van der Waals surface area contributed by atoms with Gasteiger partial charge in [0, 0.05) is 37.0 Å². The maximum atomic E-state index is 12.7. The Balaban J connectivity index is 1.88. The molecule has 1 aromatic carbocycles. The van der Waals surface area contributed by atoms with Gasteiger partial charge in [-0.05, 0) is 26.8 Å². The van der Waals surface area contributed by atoms with Crippen molar-refractivity contribution in [3.63, 3.8) is 0 Å². The lowest BCUT2D eigenvalue weighted by Gasteiger charge is -2.31. The van der Waals surface area contributed by atoms with Crippen molar-refractivity contribution in [2.45, 2.75) is 27.3 Å². The zero-order valence-corrected chi connectivity index (χ0v) is 17.8. The molecule has 1 saturated heterocycles. The number of carbonyl (C=O) groups excluding carboxylic acids is 1. The van der Waals surface area contributed by atoms with Crippen LogP contribution in [0.4, 0.5) is 11.4 Å². The van der Waals surface area contributed by atoms with E-state index in [4.69, 9.17) is 14.2 Å². The second kappa shape index (κ2) is 10.2. The topological polar surface area (TPSA) is 82.0 Å². The van der Waals surface area contributed by atoms with Gasteiger partial charge in [-0.15, -0.1) is 0 Å². The van der Waals surface area contributed by atoms with Gasteiger partial charge in [-0.2, -0.15) is 0 Å². The molecular formula is C22H29N3O5. The molecule has 2 heterocycles. The molecule has 1 aromatic heterocycles. The third kappa shape index (κ3) is 5.13. The number of anilines is 2. The summed E-state index contributed by atoms with van der Waals surface area (Å²) in [4.78, 5) is 27.1. The van der Waals surface area contributed by atoms with Gasteiger partial charge < -0.3 is 29.0 Å². The fourth-order valence-electron chi connectivity index (χ4n) is 3.37. The molecule has 0 unspecified atom stereocenters. The van der Waals surface area contributed by atoms with Gasteiger partial charge in [0.25, 0.3) is 5.56 Å². The lowest BCUT2D eigenvalue weighted by molar-refractivity contribution is -0.116. The summed E-state index contributed by atoms with van der Waals surface area (Å²) in [7, 11) is 0. The first-order chi connectivity index (χ1) is 14.5. The van der Waals surface area contributed by atoms with Crippen LogP contribution in [0.5, 0.6) is 11.5 Å². The first kappa shape index (κ1) is 21.7. The minimum atomic E-state index is -0.315. The number of hydrogen-bond acceptors (Lipinski definition) is 6. The minimum absolute atomic E-state index is 0.0821. The van der Waals surface area contributed by atoms with Crippen LogP contribution in [0, 0.1) is 6.92 Å². The molecule has 0 radical (unpaired) electrons. The molecular weight excluding hydrogens is 386 g/mol. The van der Waals surface area contributed by atoms with E-state index in [0.717, 1.165) is 18.8 Å². The largest absolute Gasteiger partial charge is 0.492 e. The smallest absolute Gasteiger partial charge is 0.253 e. The van der Waals surface area contributed by atoms with Crippen molar-refractivity contribution in [3.05, 3.63) is 46.4 Å². The summed E-state index contributed by atoms with van der Waals surface area (Å²) in [6.07, 6.45) is 1.60. The number of morpholine rings is 1. The maximum absolute atomic E-state index is 12.7. The molecule has 162 valence electrons. The number of aryl methyl sites for hydroxylation is 1. The average molecular weight is 415 g/mol. The molecule has 3 rings (SSSR count). The summed E-state index contributed by atoms with van der Waals surface area (Å²) in [6, 6.07) is 7.16. The Kier molecular flexibility index (Phi) is 7.35. The Morgan fingerprint density at radius 1 is 1.13 bits per heavy atom. The number of carbonyl (C=O) groups is 1. The van der Waals surface area contributed by atoms with E-state index in [2.05, 4.69) is 10.2 Å². The molecule has 8 heteroatoms. The monoisotopic (exact) mass is 415 g/mol. The summed E-state index contributed by atoms with van der Waals surface area (Å²) in [6.45, 7) is 9.22. The van der Waals surface area contributed by atoms with Crippen molar-refractivity contribution in [3.8, 4) is 11.5 Å². The lowest BCUT2D eigenvalue weighted by Crippen LogP contribution is -2.36. The molecule has 0 spiro atoms. The summed E-state index contributed by atoms with van der Waals surface area (Å²) in [5.41, 5.74) is 1.84. The number of pyridine rings is 1. The number of nitrogens with one attached hydrogen (secondary N) is 1. The van der Waals surface area contributed by atoms with E-state index < -0.39 is 0 Å². The molecule has 1 fully saturated rings. The van der Waals surface area contributed by atoms with Gasteiger partial charge in [0.1, 0.15) is 18.0 Å². The highest BCUT2D eigenvalue weighted by atomic mass is 16.5. The van der Waals surface area contributed by atoms with Crippen molar-refractivity contribution in [2.75, 3.05) is 49.7 Å². The molecule has 1 amide bonds. The summed E-state index contributed by atoms with van der Waals surface area (Å²) in [5, 5.41) is 2.87. The second-order valence-electron chi connectivity index (χ2n) is 6.95. The van der Waals surface area contributed by atoms with Crippen LogP contribution in [0.1, 0.15) is 19.4 Å². The van der Waals surface area contributed by atoms with Crippen LogP contribution in [0.15, 0.2) is 35.3 Å². The number of ether oxygens (including phenoxy) is 3. The second-order valence-corrected chi connectivity index (χ2v) is 6.95. The van der Waals surface area contributed by atoms with Crippen LogP contribution in [0.3, 0.4) is 0 Å². The SMILES string of the molecule is CCOc1cc(N2CCOCC2)c(OCC)cc1NC(=O)Cn1cccc(C)c1=O. The van der Waals surface area contributed by atoms with Crippen LogP contribution in [-0.2, 0) is 16.1 Å². The highest BCUT2D eigenvalue weighted by Gasteiger charge is 2.20. The highest BCUT2D eigenvalue weighted by molar-refractivity contribution is 5.93. The number of hydrogen-bond donors (Lipinski definition) is 1. The van der Waals surface area contributed by atoms with E-state index in [1.807, 2.05) is 19.9 Å². The van der Waals surface area contributed by atoms with E-state index in [1.165, 1.54) is 4.57 Å². The Morgan fingerprint density at radius 3 is 2.53 bits per heavy atom. The lowest BCUT2D eigenvalue weighted by atomic mass is 10.2. The Bertz CT molecular complexity index is 935. The molecule has 0 atom stereocenters. The number of nitrogens with zero attached hydrogens (tertiary/aromatic N) is 2. The zero-order chi connectivity index (χ0) is 21.5. The average Bonchev–Trinajstić information content (AvgIpc) is 2.74. The van der Waals surface area contributed by atoms with E-state index in [0.29, 0.717) is 49.2 Å². The number of rotatable bonds is 8. The number of amides is 1. The fraction of sp³-hybridized carbons (Fsp3) is 0.455. The van der Waals surface area contributed by atoms with Crippen LogP contribution < -0.4 is 25.2 Å². The van der Waals surface area contributed by atoms with Gasteiger partial charge >= 0.3 is 0 Å². The standard InChI is InChI=1S/C22H29N3O5/c1-4-29-19-14-18(24-9-11-28-12-10-24)20(30-5-2)13-17(19)23-21(26)15-25-8-6-7-16(3)22(25)27/h6-8,13-14H,4-5,9-12,15H2,1-3H3,(H,23,26). The van der Waals surface area contributed by atoms with Crippen molar-refractivity contribution in [1.82, 2.24) is 4.57 Å². The van der Waals surface area contributed by atoms with Crippen molar-refractivity contribution in [2.24, 2.45) is 0 Å². The van der Waals surface area contributed by atoms with Crippen molar-refractivity contribution >= 4 is 17.3 Å². The molecule has 8 nitrogen and oxygen atoms in total. The predicted octanol–water partition coefficient (Wildman–Crippen LogP) is 2.43. The molecule has 0 aliphatic carbocycles. The van der Waals surface area contributed by atoms with E-state index >= 15 is 0 Å². The first-order valence-electron chi connectivity index (χ1n) is 10.3. The van der Waals surface area contributed by atoms with Crippen LogP contribution >= 0.6 is 0 Å². The summed E-state index contributed by atoms with van der Waals surface area (Å²) < 4.78 is 18.5. The quantitative estimate of drug-likeness (QED) is 0.713. The van der Waals surface area contributed by atoms with Gasteiger partial charge in [0.05, 0.1) is 37.8 Å². The third-order valence-corrected chi connectivity index (χ3v) is 4.81. The number of benzene rings is 1. The van der Waals surface area contributed by atoms with E-state index in [9.17, 15) is 9.59 Å². The fourth-order valence-corrected chi connectivity index (χ4v) is 3.37. The Labute approximate surface area is 176 Å². The van der Waals surface area contributed by atoms with Gasteiger partial charge in [0.15, 0.2) is 0 Å². The highest BCUT2D eigenvalue weighted by Crippen LogP contribution is 2.39. The molecule has 1 aliphatic rings. The van der Waals surface area contributed by atoms with Gasteiger partial charge in [-0.3, -0.25) is 9.59 Å². The zero-order valence-electron chi connectivity index (χ0n) is 17.8. The molecule has 1 aliphatic heterocycles. The van der Waals surface area contributed by atoms with E-state index in [-0.39, 0.29) is 18.0 Å². The van der Waals surface area contributed by atoms with Crippen molar-refractivity contribution < 1.29 is 19.0 Å². The Morgan fingerprint density at radius 2 is 1.83 bits per heavy atom. The predicted molar refractivity (Wildman–Crippen MR) is 116 cm³/mol.